The number of hydrogen-bond donors (Lipinski definition) is 1. The molecule has 23 heavy (non-hydrogen) atoms. The third kappa shape index (κ3) is 3.31. The Labute approximate surface area is 134 Å². The number of anilines is 1. The van der Waals surface area contributed by atoms with Crippen molar-refractivity contribution in [3.63, 3.8) is 0 Å². The molecule has 1 amide bonds. The third-order valence-corrected chi connectivity index (χ3v) is 3.75. The van der Waals surface area contributed by atoms with Crippen molar-refractivity contribution in [2.45, 2.75) is 13.0 Å². The van der Waals surface area contributed by atoms with Crippen molar-refractivity contribution < 1.29 is 9.53 Å². The largest absolute Gasteiger partial charge is 0.373 e. The van der Waals surface area contributed by atoms with Gasteiger partial charge in [-0.15, -0.1) is 0 Å². The Morgan fingerprint density at radius 1 is 1.43 bits per heavy atom. The van der Waals surface area contributed by atoms with E-state index in [2.05, 4.69) is 20.4 Å². The summed E-state index contributed by atoms with van der Waals surface area (Å²) in [6.45, 7) is 3.35. The highest BCUT2D eigenvalue weighted by atomic mass is 16.5. The van der Waals surface area contributed by atoms with Crippen LogP contribution in [0.4, 0.5) is 5.82 Å². The maximum absolute atomic E-state index is 12.6. The van der Waals surface area contributed by atoms with Crippen LogP contribution in [0.3, 0.4) is 0 Å². The Kier molecular flexibility index (Phi) is 4.24. The number of nitrogens with zero attached hydrogens (tertiary/aromatic N) is 5. The number of amides is 1. The SMILES string of the molecule is CNc1cc([C@@H]2CN(C(=O)c3cnn(C)c3)CCO2)nc(C)n1. The molecule has 1 aliphatic heterocycles. The van der Waals surface area contributed by atoms with Gasteiger partial charge in [-0.05, 0) is 6.92 Å². The number of carbonyl (C=O) groups is 1. The van der Waals surface area contributed by atoms with Gasteiger partial charge in [-0.3, -0.25) is 9.48 Å². The normalized spacial score (nSPS) is 18.0. The average molecular weight is 316 g/mol. The van der Waals surface area contributed by atoms with Gasteiger partial charge in [-0.25, -0.2) is 9.97 Å². The van der Waals surface area contributed by atoms with Gasteiger partial charge >= 0.3 is 0 Å². The summed E-state index contributed by atoms with van der Waals surface area (Å²) in [4.78, 5) is 23.1. The second-order valence-corrected chi connectivity index (χ2v) is 5.49. The number of rotatable bonds is 3. The lowest BCUT2D eigenvalue weighted by Crippen LogP contribution is -2.42. The fourth-order valence-corrected chi connectivity index (χ4v) is 2.61. The molecule has 2 aromatic rings. The molecule has 1 saturated heterocycles. The van der Waals surface area contributed by atoms with E-state index < -0.39 is 0 Å². The number of aromatic nitrogens is 4. The molecule has 2 aromatic heterocycles. The minimum absolute atomic E-state index is 0.0361. The van der Waals surface area contributed by atoms with Gasteiger partial charge in [0.15, 0.2) is 0 Å². The Bertz CT molecular complexity index is 714. The minimum Gasteiger partial charge on any atom is -0.373 e. The molecule has 0 bridgehead atoms. The quantitative estimate of drug-likeness (QED) is 0.900. The number of ether oxygens (including phenoxy) is 1. The van der Waals surface area contributed by atoms with Gasteiger partial charge in [-0.1, -0.05) is 0 Å². The summed E-state index contributed by atoms with van der Waals surface area (Å²) in [7, 11) is 3.60. The highest BCUT2D eigenvalue weighted by Gasteiger charge is 2.28. The summed E-state index contributed by atoms with van der Waals surface area (Å²) in [6.07, 6.45) is 3.06. The predicted octanol–water partition coefficient (Wildman–Crippen LogP) is 0.774. The second kappa shape index (κ2) is 6.33. The first-order valence-corrected chi connectivity index (χ1v) is 7.49. The van der Waals surface area contributed by atoms with Crippen molar-refractivity contribution in [1.82, 2.24) is 24.6 Å². The van der Waals surface area contributed by atoms with Crippen LogP contribution in [-0.4, -0.2) is 57.3 Å². The molecule has 3 rings (SSSR count). The number of hydrogen-bond acceptors (Lipinski definition) is 6. The van der Waals surface area contributed by atoms with Crippen LogP contribution in [0.5, 0.6) is 0 Å². The van der Waals surface area contributed by atoms with Crippen LogP contribution < -0.4 is 5.32 Å². The van der Waals surface area contributed by atoms with Crippen molar-refractivity contribution in [2.24, 2.45) is 7.05 Å². The number of aryl methyl sites for hydroxylation is 2. The average Bonchev–Trinajstić information content (AvgIpc) is 3.00. The molecule has 1 N–H and O–H groups in total. The van der Waals surface area contributed by atoms with Crippen molar-refractivity contribution in [3.8, 4) is 0 Å². The topological polar surface area (TPSA) is 85.2 Å². The van der Waals surface area contributed by atoms with Crippen molar-refractivity contribution >= 4 is 11.7 Å². The third-order valence-electron chi connectivity index (χ3n) is 3.75. The summed E-state index contributed by atoms with van der Waals surface area (Å²) < 4.78 is 7.43. The molecule has 0 aromatic carbocycles. The molecule has 1 aliphatic rings. The van der Waals surface area contributed by atoms with Crippen LogP contribution in [-0.2, 0) is 11.8 Å². The van der Waals surface area contributed by atoms with Crippen molar-refractivity contribution in [2.75, 3.05) is 32.1 Å². The second-order valence-electron chi connectivity index (χ2n) is 5.49. The molecule has 0 aliphatic carbocycles. The van der Waals surface area contributed by atoms with E-state index in [1.165, 1.54) is 0 Å². The first-order valence-electron chi connectivity index (χ1n) is 7.49. The molecular weight excluding hydrogens is 296 g/mol. The maximum atomic E-state index is 12.6. The van der Waals surface area contributed by atoms with E-state index in [1.54, 1.807) is 29.0 Å². The molecule has 0 saturated carbocycles. The van der Waals surface area contributed by atoms with Gasteiger partial charge in [0.1, 0.15) is 17.7 Å². The van der Waals surface area contributed by atoms with Gasteiger partial charge in [0.05, 0.1) is 30.6 Å². The first kappa shape index (κ1) is 15.4. The van der Waals surface area contributed by atoms with Gasteiger partial charge in [0.2, 0.25) is 0 Å². The Morgan fingerprint density at radius 2 is 2.26 bits per heavy atom. The molecule has 1 atom stereocenters. The van der Waals surface area contributed by atoms with Gasteiger partial charge in [0, 0.05) is 32.9 Å². The fraction of sp³-hybridized carbons (Fsp3) is 0.467. The molecular formula is C15H20N6O2. The standard InChI is InChI=1S/C15H20N6O2/c1-10-18-12(6-14(16-2)19-10)13-9-21(4-5-23-13)15(22)11-7-17-20(3)8-11/h6-8,13H,4-5,9H2,1-3H3,(H,16,18,19)/t13-/m0/s1. The zero-order valence-corrected chi connectivity index (χ0v) is 13.5. The van der Waals surface area contributed by atoms with E-state index in [-0.39, 0.29) is 12.0 Å². The number of morpholine rings is 1. The lowest BCUT2D eigenvalue weighted by atomic mass is 10.1. The van der Waals surface area contributed by atoms with E-state index >= 15 is 0 Å². The van der Waals surface area contributed by atoms with Crippen LogP contribution in [0.1, 0.15) is 28.0 Å². The van der Waals surface area contributed by atoms with Crippen LogP contribution in [0, 0.1) is 6.92 Å². The van der Waals surface area contributed by atoms with Crippen molar-refractivity contribution in [1.29, 1.82) is 0 Å². The summed E-state index contributed by atoms with van der Waals surface area (Å²) in [5.74, 6) is 1.38. The van der Waals surface area contributed by atoms with Gasteiger partial charge < -0.3 is 15.0 Å². The highest BCUT2D eigenvalue weighted by molar-refractivity contribution is 5.93. The highest BCUT2D eigenvalue weighted by Crippen LogP contribution is 2.23. The first-order chi connectivity index (χ1) is 11.1. The Morgan fingerprint density at radius 3 is 2.96 bits per heavy atom. The van der Waals surface area contributed by atoms with E-state index in [1.807, 2.05) is 20.0 Å². The molecule has 0 radical (unpaired) electrons. The molecule has 8 nitrogen and oxygen atoms in total. The molecule has 8 heteroatoms. The van der Waals surface area contributed by atoms with Crippen LogP contribution in [0.25, 0.3) is 0 Å². The monoisotopic (exact) mass is 316 g/mol. The van der Waals surface area contributed by atoms with Crippen LogP contribution >= 0.6 is 0 Å². The van der Waals surface area contributed by atoms with Crippen LogP contribution in [0.15, 0.2) is 18.5 Å². The summed E-state index contributed by atoms with van der Waals surface area (Å²) in [5, 5.41) is 7.06. The lowest BCUT2D eigenvalue weighted by Gasteiger charge is -2.32. The summed E-state index contributed by atoms with van der Waals surface area (Å²) >= 11 is 0. The maximum Gasteiger partial charge on any atom is 0.257 e. The van der Waals surface area contributed by atoms with Crippen molar-refractivity contribution in [3.05, 3.63) is 35.5 Å². The Hall–Kier alpha value is -2.48. The predicted molar refractivity (Wildman–Crippen MR) is 84.1 cm³/mol. The van der Waals surface area contributed by atoms with Crippen LogP contribution in [0.2, 0.25) is 0 Å². The van der Waals surface area contributed by atoms with E-state index in [4.69, 9.17) is 4.74 Å². The minimum atomic E-state index is -0.252. The zero-order valence-electron chi connectivity index (χ0n) is 13.5. The zero-order chi connectivity index (χ0) is 16.4. The lowest BCUT2D eigenvalue weighted by molar-refractivity contribution is -0.0248. The number of nitrogens with one attached hydrogen (secondary N) is 1. The Balaban J connectivity index is 1.78. The van der Waals surface area contributed by atoms with E-state index in [9.17, 15) is 4.79 Å². The molecule has 0 unspecified atom stereocenters. The van der Waals surface area contributed by atoms with E-state index in [0.717, 1.165) is 11.5 Å². The summed E-state index contributed by atoms with van der Waals surface area (Å²) in [6, 6.07) is 1.86. The molecule has 122 valence electrons. The van der Waals surface area contributed by atoms with E-state index in [0.29, 0.717) is 31.1 Å². The molecule has 1 fully saturated rings. The fourth-order valence-electron chi connectivity index (χ4n) is 2.61. The smallest absolute Gasteiger partial charge is 0.257 e. The summed E-state index contributed by atoms with van der Waals surface area (Å²) in [5.41, 5.74) is 1.37. The molecule has 3 heterocycles. The van der Waals surface area contributed by atoms with Gasteiger partial charge in [0.25, 0.3) is 5.91 Å². The number of carbonyl (C=O) groups excluding carboxylic acids is 1. The van der Waals surface area contributed by atoms with Gasteiger partial charge in [-0.2, -0.15) is 5.10 Å². The molecule has 0 spiro atoms.